The highest BCUT2D eigenvalue weighted by molar-refractivity contribution is 7.10. The molecule has 0 radical (unpaired) electrons. The standard InChI is InChI=1S/C13H14ClNS/c1-9-10(7-8-16-9)13(15-2)11-5-3-4-6-12(11)14/h3-8,13,15H,1-2H3. The predicted octanol–water partition coefficient (Wildman–Crippen LogP) is 4.02. The number of nitrogens with one attached hydrogen (secondary N) is 1. The van der Waals surface area contributed by atoms with E-state index < -0.39 is 0 Å². The third-order valence-corrected chi connectivity index (χ3v) is 3.92. The van der Waals surface area contributed by atoms with Crippen molar-refractivity contribution in [2.75, 3.05) is 7.05 Å². The highest BCUT2D eigenvalue weighted by atomic mass is 35.5. The third kappa shape index (κ3) is 2.14. The molecule has 1 heterocycles. The monoisotopic (exact) mass is 251 g/mol. The van der Waals surface area contributed by atoms with E-state index in [2.05, 4.69) is 29.8 Å². The summed E-state index contributed by atoms with van der Waals surface area (Å²) in [6.45, 7) is 2.14. The Bertz CT molecular complexity index is 478. The van der Waals surface area contributed by atoms with Gasteiger partial charge in [-0.05, 0) is 42.6 Å². The highest BCUT2D eigenvalue weighted by Gasteiger charge is 2.16. The average Bonchev–Trinajstić information content (AvgIpc) is 2.69. The lowest BCUT2D eigenvalue weighted by molar-refractivity contribution is 0.691. The van der Waals surface area contributed by atoms with Gasteiger partial charge in [0.15, 0.2) is 0 Å². The zero-order valence-electron chi connectivity index (χ0n) is 9.33. The molecule has 2 aromatic rings. The van der Waals surface area contributed by atoms with E-state index in [1.807, 2.05) is 25.2 Å². The summed E-state index contributed by atoms with van der Waals surface area (Å²) in [6, 6.07) is 10.3. The summed E-state index contributed by atoms with van der Waals surface area (Å²) in [4.78, 5) is 1.33. The molecule has 1 N–H and O–H groups in total. The van der Waals surface area contributed by atoms with Gasteiger partial charge in [0.05, 0.1) is 6.04 Å². The summed E-state index contributed by atoms with van der Waals surface area (Å²) in [5.74, 6) is 0. The molecule has 1 aromatic heterocycles. The summed E-state index contributed by atoms with van der Waals surface area (Å²) in [7, 11) is 1.96. The first kappa shape index (κ1) is 11.6. The zero-order valence-corrected chi connectivity index (χ0v) is 10.9. The number of aryl methyl sites for hydroxylation is 1. The Kier molecular flexibility index (Phi) is 3.64. The van der Waals surface area contributed by atoms with Crippen LogP contribution < -0.4 is 5.32 Å². The Morgan fingerprint density at radius 3 is 2.50 bits per heavy atom. The first-order valence-electron chi connectivity index (χ1n) is 5.19. The predicted molar refractivity (Wildman–Crippen MR) is 71.4 cm³/mol. The fourth-order valence-corrected chi connectivity index (χ4v) is 2.87. The molecule has 1 unspecified atom stereocenters. The van der Waals surface area contributed by atoms with Gasteiger partial charge >= 0.3 is 0 Å². The van der Waals surface area contributed by atoms with Crippen molar-refractivity contribution < 1.29 is 0 Å². The summed E-state index contributed by atoms with van der Waals surface area (Å²) >= 11 is 8.00. The summed E-state index contributed by atoms with van der Waals surface area (Å²) in [6.07, 6.45) is 0. The van der Waals surface area contributed by atoms with Crippen molar-refractivity contribution in [2.45, 2.75) is 13.0 Å². The number of hydrogen-bond donors (Lipinski definition) is 1. The van der Waals surface area contributed by atoms with Gasteiger partial charge in [0.25, 0.3) is 0 Å². The second kappa shape index (κ2) is 5.00. The van der Waals surface area contributed by atoms with E-state index >= 15 is 0 Å². The second-order valence-electron chi connectivity index (χ2n) is 3.68. The normalized spacial score (nSPS) is 12.7. The minimum absolute atomic E-state index is 0.181. The molecular weight excluding hydrogens is 238 g/mol. The number of thiophene rings is 1. The van der Waals surface area contributed by atoms with E-state index in [1.165, 1.54) is 10.4 Å². The molecule has 0 spiro atoms. The molecule has 84 valence electrons. The van der Waals surface area contributed by atoms with E-state index in [9.17, 15) is 0 Å². The van der Waals surface area contributed by atoms with Gasteiger partial charge in [-0.3, -0.25) is 0 Å². The zero-order chi connectivity index (χ0) is 11.5. The molecule has 3 heteroatoms. The molecular formula is C13H14ClNS. The van der Waals surface area contributed by atoms with E-state index in [0.29, 0.717) is 0 Å². The first-order valence-corrected chi connectivity index (χ1v) is 6.45. The molecule has 1 aromatic carbocycles. The van der Waals surface area contributed by atoms with Crippen molar-refractivity contribution in [3.05, 3.63) is 56.7 Å². The van der Waals surface area contributed by atoms with Gasteiger partial charge in [-0.15, -0.1) is 11.3 Å². The van der Waals surface area contributed by atoms with E-state index in [1.54, 1.807) is 11.3 Å². The molecule has 0 saturated carbocycles. The van der Waals surface area contributed by atoms with Crippen molar-refractivity contribution in [3.63, 3.8) is 0 Å². The average molecular weight is 252 g/mol. The van der Waals surface area contributed by atoms with Crippen molar-refractivity contribution in [1.29, 1.82) is 0 Å². The Morgan fingerprint density at radius 2 is 1.94 bits per heavy atom. The van der Waals surface area contributed by atoms with Gasteiger partial charge < -0.3 is 5.32 Å². The largest absolute Gasteiger partial charge is 0.309 e. The maximum atomic E-state index is 6.23. The van der Waals surface area contributed by atoms with Crippen LogP contribution in [0.15, 0.2) is 35.7 Å². The Hall–Kier alpha value is -0.830. The molecule has 0 saturated heterocycles. The summed E-state index contributed by atoms with van der Waals surface area (Å²) < 4.78 is 0. The Labute approximate surface area is 105 Å². The van der Waals surface area contributed by atoms with Gasteiger partial charge in [-0.2, -0.15) is 0 Å². The van der Waals surface area contributed by atoms with Crippen LogP contribution in [0.5, 0.6) is 0 Å². The van der Waals surface area contributed by atoms with Gasteiger partial charge in [-0.1, -0.05) is 29.8 Å². The van der Waals surface area contributed by atoms with Gasteiger partial charge in [0, 0.05) is 9.90 Å². The molecule has 0 aliphatic carbocycles. The van der Waals surface area contributed by atoms with E-state index in [0.717, 1.165) is 10.6 Å². The topological polar surface area (TPSA) is 12.0 Å². The summed E-state index contributed by atoms with van der Waals surface area (Å²) in [5.41, 5.74) is 2.44. The number of benzene rings is 1. The minimum Gasteiger partial charge on any atom is -0.309 e. The van der Waals surface area contributed by atoms with Crippen molar-refractivity contribution >= 4 is 22.9 Å². The number of hydrogen-bond acceptors (Lipinski definition) is 2. The van der Waals surface area contributed by atoms with Crippen LogP contribution in [-0.2, 0) is 0 Å². The van der Waals surface area contributed by atoms with Gasteiger partial charge in [-0.25, -0.2) is 0 Å². The highest BCUT2D eigenvalue weighted by Crippen LogP contribution is 2.31. The molecule has 2 rings (SSSR count). The fraction of sp³-hybridized carbons (Fsp3) is 0.231. The van der Waals surface area contributed by atoms with Crippen LogP contribution in [-0.4, -0.2) is 7.05 Å². The molecule has 16 heavy (non-hydrogen) atoms. The van der Waals surface area contributed by atoms with Crippen LogP contribution in [0.3, 0.4) is 0 Å². The summed E-state index contributed by atoms with van der Waals surface area (Å²) in [5, 5.41) is 6.25. The Morgan fingerprint density at radius 1 is 1.19 bits per heavy atom. The van der Waals surface area contributed by atoms with Crippen LogP contribution in [0.25, 0.3) is 0 Å². The molecule has 1 nitrogen and oxygen atoms in total. The maximum Gasteiger partial charge on any atom is 0.0599 e. The lowest BCUT2D eigenvalue weighted by atomic mass is 10.00. The fourth-order valence-electron chi connectivity index (χ4n) is 1.88. The smallest absolute Gasteiger partial charge is 0.0599 e. The molecule has 0 aliphatic heterocycles. The molecule has 0 fully saturated rings. The van der Waals surface area contributed by atoms with Gasteiger partial charge in [0.2, 0.25) is 0 Å². The molecule has 0 bridgehead atoms. The van der Waals surface area contributed by atoms with Crippen LogP contribution in [0.4, 0.5) is 0 Å². The maximum absolute atomic E-state index is 6.23. The van der Waals surface area contributed by atoms with E-state index in [4.69, 9.17) is 11.6 Å². The number of halogens is 1. The van der Waals surface area contributed by atoms with Crippen LogP contribution in [0.1, 0.15) is 22.0 Å². The first-order chi connectivity index (χ1) is 7.74. The van der Waals surface area contributed by atoms with Crippen molar-refractivity contribution in [1.82, 2.24) is 5.32 Å². The van der Waals surface area contributed by atoms with Crippen molar-refractivity contribution in [3.8, 4) is 0 Å². The van der Waals surface area contributed by atoms with Crippen LogP contribution in [0.2, 0.25) is 5.02 Å². The number of rotatable bonds is 3. The molecule has 0 aliphatic rings. The SMILES string of the molecule is CNC(c1ccccc1Cl)c1ccsc1C. The lowest BCUT2D eigenvalue weighted by Crippen LogP contribution is -2.18. The van der Waals surface area contributed by atoms with Gasteiger partial charge in [0.1, 0.15) is 0 Å². The third-order valence-electron chi connectivity index (χ3n) is 2.71. The van der Waals surface area contributed by atoms with E-state index in [-0.39, 0.29) is 6.04 Å². The minimum atomic E-state index is 0.181. The van der Waals surface area contributed by atoms with Crippen LogP contribution in [0, 0.1) is 6.92 Å². The molecule has 1 atom stereocenters. The molecule has 0 amide bonds. The lowest BCUT2D eigenvalue weighted by Gasteiger charge is -2.18. The second-order valence-corrected chi connectivity index (χ2v) is 5.20. The quantitative estimate of drug-likeness (QED) is 0.869. The Balaban J connectivity index is 2.45. The van der Waals surface area contributed by atoms with Crippen LogP contribution >= 0.6 is 22.9 Å². The van der Waals surface area contributed by atoms with Crippen molar-refractivity contribution in [2.24, 2.45) is 0 Å².